The molecule has 1 aromatic rings. The van der Waals surface area contributed by atoms with Crippen LogP contribution in [-0.2, 0) is 6.42 Å². The number of nitrogens with zero attached hydrogens (tertiary/aromatic N) is 4. The van der Waals surface area contributed by atoms with Crippen molar-refractivity contribution < 1.29 is 0 Å². The van der Waals surface area contributed by atoms with Gasteiger partial charge in [-0.05, 0) is 36.6 Å². The molecule has 1 heterocycles. The number of piperazine rings is 1. The minimum absolute atomic E-state index is 0.00330. The molecule has 2 aliphatic rings. The van der Waals surface area contributed by atoms with Gasteiger partial charge in [0.1, 0.15) is 0 Å². The maximum atomic E-state index is 9.00. The van der Waals surface area contributed by atoms with E-state index in [9.17, 15) is 0 Å². The van der Waals surface area contributed by atoms with Crippen molar-refractivity contribution in [1.82, 2.24) is 10.2 Å². The Hall–Kier alpha value is -2.91. The molecule has 130 valence electrons. The summed E-state index contributed by atoms with van der Waals surface area (Å²) in [4.78, 5) is 6.06. The Balaban J connectivity index is 1.80. The van der Waals surface area contributed by atoms with Crippen LogP contribution in [0.2, 0.25) is 0 Å². The quantitative estimate of drug-likeness (QED) is 0.853. The number of nitriles is 2. The predicted molar refractivity (Wildman–Crippen MR) is 101 cm³/mol. The van der Waals surface area contributed by atoms with Crippen molar-refractivity contribution in [2.75, 3.05) is 32.7 Å². The maximum absolute atomic E-state index is 9.00. The second-order valence-corrected chi connectivity index (χ2v) is 6.89. The van der Waals surface area contributed by atoms with E-state index in [-0.39, 0.29) is 5.41 Å². The zero-order chi connectivity index (χ0) is 18.2. The number of benzene rings is 1. The molecule has 5 nitrogen and oxygen atoms in total. The number of hydrogen-bond acceptors (Lipinski definition) is 4. The molecule has 26 heavy (non-hydrogen) atoms. The van der Waals surface area contributed by atoms with Gasteiger partial charge >= 0.3 is 6.19 Å². The molecule has 1 atom stereocenters. The van der Waals surface area contributed by atoms with Gasteiger partial charge in [0.25, 0.3) is 0 Å². The first-order valence-corrected chi connectivity index (χ1v) is 8.89. The van der Waals surface area contributed by atoms with Gasteiger partial charge in [-0.1, -0.05) is 29.1 Å². The van der Waals surface area contributed by atoms with E-state index in [1.807, 2.05) is 30.3 Å². The zero-order valence-electron chi connectivity index (χ0n) is 14.8. The molecular weight excluding hydrogens is 322 g/mol. The van der Waals surface area contributed by atoms with E-state index in [1.54, 1.807) is 6.19 Å². The standard InChI is InChI=1S/C21H22N5/c22-14-19-3-1-18(2-4-19)13-21(16-26-11-9-24-10-12-26)7-5-20(6-8-21)15-25-17-23/h1-7,24H,8-13,16H2/q+1. The zero-order valence-corrected chi connectivity index (χ0v) is 14.8. The van der Waals surface area contributed by atoms with Crippen LogP contribution in [0.5, 0.6) is 0 Å². The summed E-state index contributed by atoms with van der Waals surface area (Å²) in [5, 5.41) is 21.0. The van der Waals surface area contributed by atoms with E-state index >= 15 is 0 Å². The molecule has 0 aromatic heterocycles. The second kappa shape index (κ2) is 8.45. The first kappa shape index (κ1) is 17.9. The predicted octanol–water partition coefficient (Wildman–Crippen LogP) is 2.69. The van der Waals surface area contributed by atoms with Crippen molar-refractivity contribution in [1.29, 1.82) is 10.5 Å². The van der Waals surface area contributed by atoms with Crippen molar-refractivity contribution >= 4 is 0 Å². The third-order valence-corrected chi connectivity index (χ3v) is 4.97. The van der Waals surface area contributed by atoms with E-state index in [4.69, 9.17) is 10.5 Å². The number of nitrogens with one attached hydrogen (secondary N) is 1. The highest BCUT2D eigenvalue weighted by atomic mass is 15.2. The minimum atomic E-state index is 0.00330. The number of allylic oxidation sites excluding steroid dienone is 3. The van der Waals surface area contributed by atoms with Crippen LogP contribution >= 0.6 is 0 Å². The van der Waals surface area contributed by atoms with E-state index in [1.165, 1.54) is 5.56 Å². The molecule has 3 rings (SSSR count). The topological polar surface area (TPSA) is 67.2 Å². The first-order chi connectivity index (χ1) is 12.7. The number of rotatable bonds is 4. The van der Waals surface area contributed by atoms with Crippen molar-refractivity contribution in [3.63, 3.8) is 0 Å². The smallest absolute Gasteiger partial charge is 0.314 e. The molecule has 0 radical (unpaired) electrons. The third-order valence-electron chi connectivity index (χ3n) is 4.97. The summed E-state index contributed by atoms with van der Waals surface area (Å²) >= 11 is 0. The van der Waals surface area contributed by atoms with Crippen molar-refractivity contribution in [3.8, 4) is 18.3 Å². The van der Waals surface area contributed by atoms with Crippen molar-refractivity contribution in [3.05, 3.63) is 64.0 Å². The molecule has 1 unspecified atom stereocenters. The average molecular weight is 344 g/mol. The average Bonchev–Trinajstić information content (AvgIpc) is 2.69. The SMILES string of the molecule is N#C[N+]#CC1=CCC(Cc2ccc(C#N)cc2)(CN2CCNCC2)C=C1. The Bertz CT molecular complexity index is 836. The Morgan fingerprint density at radius 1 is 1.15 bits per heavy atom. The van der Waals surface area contributed by atoms with Gasteiger partial charge in [0.2, 0.25) is 6.07 Å². The molecule has 0 bridgehead atoms. The highest BCUT2D eigenvalue weighted by Crippen LogP contribution is 2.35. The molecule has 1 fully saturated rings. The fourth-order valence-electron chi connectivity index (χ4n) is 3.61. The lowest BCUT2D eigenvalue weighted by Crippen LogP contribution is -2.48. The van der Waals surface area contributed by atoms with E-state index in [2.05, 4.69) is 39.4 Å². The highest BCUT2D eigenvalue weighted by Gasteiger charge is 2.31. The fraction of sp³-hybridized carbons (Fsp3) is 0.381. The Kier molecular flexibility index (Phi) is 5.82. The molecule has 5 heteroatoms. The van der Waals surface area contributed by atoms with E-state index in [0.717, 1.165) is 51.1 Å². The maximum Gasteiger partial charge on any atom is 0.578 e. The van der Waals surface area contributed by atoms with Crippen LogP contribution < -0.4 is 5.32 Å². The van der Waals surface area contributed by atoms with Gasteiger partial charge in [0.15, 0.2) is 5.26 Å². The lowest BCUT2D eigenvalue weighted by atomic mass is 9.74. The second-order valence-electron chi connectivity index (χ2n) is 6.89. The summed E-state index contributed by atoms with van der Waals surface area (Å²) < 4.78 is 0. The highest BCUT2D eigenvalue weighted by molar-refractivity contribution is 5.41. The van der Waals surface area contributed by atoms with Crippen molar-refractivity contribution in [2.45, 2.75) is 12.8 Å². The summed E-state index contributed by atoms with van der Waals surface area (Å²) in [5.41, 5.74) is 2.79. The fourth-order valence-corrected chi connectivity index (χ4v) is 3.61. The lowest BCUT2D eigenvalue weighted by molar-refractivity contribution is 0.167. The van der Waals surface area contributed by atoms with Gasteiger partial charge in [-0.25, -0.2) is 0 Å². The Morgan fingerprint density at radius 3 is 2.54 bits per heavy atom. The summed E-state index contributed by atoms with van der Waals surface area (Å²) in [7, 11) is 0. The Morgan fingerprint density at radius 2 is 1.92 bits per heavy atom. The van der Waals surface area contributed by atoms with Crippen LogP contribution in [0, 0.1) is 34.3 Å². The Labute approximate surface area is 154 Å². The van der Waals surface area contributed by atoms with Gasteiger partial charge in [-0.15, -0.1) is 0 Å². The molecular formula is C21H22N5+. The van der Waals surface area contributed by atoms with E-state index in [0.29, 0.717) is 5.56 Å². The van der Waals surface area contributed by atoms with Gasteiger partial charge < -0.3 is 5.32 Å². The molecule has 0 spiro atoms. The minimum Gasteiger partial charge on any atom is -0.314 e. The summed E-state index contributed by atoms with van der Waals surface area (Å²) in [6.45, 7) is 5.16. The van der Waals surface area contributed by atoms with Gasteiger partial charge in [0, 0.05) is 38.1 Å². The normalized spacial score (nSPS) is 22.5. The molecule has 1 aliphatic carbocycles. The number of hydrogen-bond donors (Lipinski definition) is 1. The molecule has 0 saturated carbocycles. The van der Waals surface area contributed by atoms with Crippen LogP contribution in [0.3, 0.4) is 0 Å². The van der Waals surface area contributed by atoms with Crippen LogP contribution in [-0.4, -0.2) is 37.6 Å². The van der Waals surface area contributed by atoms with Crippen LogP contribution in [0.15, 0.2) is 48.1 Å². The summed E-state index contributed by atoms with van der Waals surface area (Å²) in [6.07, 6.45) is 9.94. The van der Waals surface area contributed by atoms with Gasteiger partial charge in [-0.3, -0.25) is 4.90 Å². The molecule has 1 aliphatic heterocycles. The van der Waals surface area contributed by atoms with Crippen molar-refractivity contribution in [2.24, 2.45) is 5.41 Å². The van der Waals surface area contributed by atoms with Crippen LogP contribution in [0.4, 0.5) is 0 Å². The van der Waals surface area contributed by atoms with Crippen LogP contribution in [0.25, 0.3) is 4.85 Å². The molecule has 0 amide bonds. The monoisotopic (exact) mass is 344 g/mol. The summed E-state index contributed by atoms with van der Waals surface area (Å²) in [5.74, 6) is 0. The summed E-state index contributed by atoms with van der Waals surface area (Å²) in [6, 6.07) is 12.8. The van der Waals surface area contributed by atoms with E-state index < -0.39 is 0 Å². The first-order valence-electron chi connectivity index (χ1n) is 8.89. The van der Waals surface area contributed by atoms with Gasteiger partial charge in [0.05, 0.1) is 17.2 Å². The molecule has 1 aromatic carbocycles. The molecule has 1 saturated heterocycles. The molecule has 1 N–H and O–H groups in total. The third kappa shape index (κ3) is 4.58. The van der Waals surface area contributed by atoms with Gasteiger partial charge in [-0.2, -0.15) is 5.26 Å². The lowest BCUT2D eigenvalue weighted by Gasteiger charge is -2.39. The van der Waals surface area contributed by atoms with Crippen LogP contribution in [0.1, 0.15) is 17.5 Å². The largest absolute Gasteiger partial charge is 0.578 e.